The van der Waals surface area contributed by atoms with Crippen LogP contribution >= 0.6 is 0 Å². The molecule has 0 aromatic heterocycles. The van der Waals surface area contributed by atoms with Crippen molar-refractivity contribution in [2.45, 2.75) is 50.4 Å². The standard InChI is InChI=1S/C14H23NO5/c16-7-3-4-8-20-13(17)12-14(18,19)11-6-2-1-5-10(11)9-15-12/h7,10-12,15,18-19H,1-6,8-9H2. The molecule has 1 aliphatic heterocycles. The summed E-state index contributed by atoms with van der Waals surface area (Å²) in [5.74, 6) is -2.77. The predicted molar refractivity (Wildman–Crippen MR) is 70.7 cm³/mol. The Morgan fingerprint density at radius 1 is 1.35 bits per heavy atom. The van der Waals surface area contributed by atoms with Gasteiger partial charge < -0.3 is 19.7 Å². The molecule has 2 rings (SSSR count). The zero-order valence-corrected chi connectivity index (χ0v) is 11.6. The molecule has 6 nitrogen and oxygen atoms in total. The third-order valence-corrected chi connectivity index (χ3v) is 4.41. The molecule has 20 heavy (non-hydrogen) atoms. The predicted octanol–water partition coefficient (Wildman–Crippen LogP) is -0.0322. The molecule has 1 aliphatic carbocycles. The summed E-state index contributed by atoms with van der Waals surface area (Å²) >= 11 is 0. The number of ether oxygens (including phenoxy) is 1. The summed E-state index contributed by atoms with van der Waals surface area (Å²) in [4.78, 5) is 22.1. The van der Waals surface area contributed by atoms with Crippen LogP contribution < -0.4 is 5.32 Å². The number of carbonyl (C=O) groups is 2. The average Bonchev–Trinajstić information content (AvgIpc) is 2.43. The third-order valence-electron chi connectivity index (χ3n) is 4.41. The lowest BCUT2D eigenvalue weighted by molar-refractivity contribution is -0.253. The molecule has 1 saturated heterocycles. The Morgan fingerprint density at radius 2 is 2.10 bits per heavy atom. The van der Waals surface area contributed by atoms with Crippen molar-refractivity contribution in [3.8, 4) is 0 Å². The second-order valence-corrected chi connectivity index (χ2v) is 5.75. The minimum atomic E-state index is -2.05. The van der Waals surface area contributed by atoms with Gasteiger partial charge in [-0.05, 0) is 31.7 Å². The fraction of sp³-hybridized carbons (Fsp3) is 0.857. The SMILES string of the molecule is O=CCCCOC(=O)C1NCC2CCCCC2C1(O)O. The zero-order valence-electron chi connectivity index (χ0n) is 11.6. The number of hydrogen-bond acceptors (Lipinski definition) is 6. The quantitative estimate of drug-likeness (QED) is 0.284. The highest BCUT2D eigenvalue weighted by Gasteiger charge is 2.53. The molecular formula is C14H23NO5. The van der Waals surface area contributed by atoms with Crippen molar-refractivity contribution in [3.05, 3.63) is 0 Å². The van der Waals surface area contributed by atoms with Gasteiger partial charge in [0.2, 0.25) is 0 Å². The lowest BCUT2D eigenvalue weighted by atomic mass is 9.70. The molecule has 2 aliphatic rings. The number of esters is 1. The van der Waals surface area contributed by atoms with Gasteiger partial charge >= 0.3 is 5.97 Å². The molecule has 0 aromatic rings. The number of rotatable bonds is 5. The minimum absolute atomic E-state index is 0.125. The first-order chi connectivity index (χ1) is 9.57. The van der Waals surface area contributed by atoms with Crippen molar-refractivity contribution in [2.24, 2.45) is 11.8 Å². The number of hydrogen-bond donors (Lipinski definition) is 3. The van der Waals surface area contributed by atoms with Crippen LogP contribution in [-0.4, -0.2) is 47.4 Å². The molecule has 3 atom stereocenters. The Bertz CT molecular complexity index is 357. The third kappa shape index (κ3) is 3.19. The fourth-order valence-electron chi connectivity index (χ4n) is 3.32. The van der Waals surface area contributed by atoms with E-state index >= 15 is 0 Å². The number of nitrogens with one attached hydrogen (secondary N) is 1. The van der Waals surface area contributed by atoms with Gasteiger partial charge in [0.05, 0.1) is 6.61 Å². The largest absolute Gasteiger partial charge is 0.464 e. The number of unbranched alkanes of at least 4 members (excludes halogenated alkanes) is 1. The smallest absolute Gasteiger partial charge is 0.328 e. The molecule has 1 heterocycles. The molecule has 1 saturated carbocycles. The molecule has 6 heteroatoms. The second-order valence-electron chi connectivity index (χ2n) is 5.75. The first kappa shape index (κ1) is 15.4. The molecule has 0 radical (unpaired) electrons. The minimum Gasteiger partial charge on any atom is -0.464 e. The fourth-order valence-corrected chi connectivity index (χ4v) is 3.32. The summed E-state index contributed by atoms with van der Waals surface area (Å²) in [6.45, 7) is 0.738. The van der Waals surface area contributed by atoms with E-state index in [9.17, 15) is 19.8 Å². The Labute approximate surface area is 118 Å². The van der Waals surface area contributed by atoms with Crippen LogP contribution in [0, 0.1) is 11.8 Å². The monoisotopic (exact) mass is 285 g/mol. The number of piperidine rings is 1. The number of carbonyl (C=O) groups excluding carboxylic acids is 2. The molecule has 2 fully saturated rings. The summed E-state index contributed by atoms with van der Waals surface area (Å²) in [6.07, 6.45) is 5.31. The van der Waals surface area contributed by atoms with Crippen LogP contribution in [0.1, 0.15) is 38.5 Å². The van der Waals surface area contributed by atoms with Crippen LogP contribution in [0.4, 0.5) is 0 Å². The molecule has 114 valence electrons. The maximum absolute atomic E-state index is 12.0. The summed E-state index contributed by atoms with van der Waals surface area (Å²) < 4.78 is 5.02. The Morgan fingerprint density at radius 3 is 2.85 bits per heavy atom. The number of fused-ring (bicyclic) bond motifs is 1. The van der Waals surface area contributed by atoms with E-state index in [1.54, 1.807) is 0 Å². The topological polar surface area (TPSA) is 95.9 Å². The molecule has 0 aromatic carbocycles. The van der Waals surface area contributed by atoms with Crippen molar-refractivity contribution in [1.82, 2.24) is 5.32 Å². The van der Waals surface area contributed by atoms with Crippen LogP contribution in [0.2, 0.25) is 0 Å². The molecule has 0 bridgehead atoms. The maximum atomic E-state index is 12.0. The van der Waals surface area contributed by atoms with Gasteiger partial charge in [-0.3, -0.25) is 10.1 Å². The molecular weight excluding hydrogens is 262 g/mol. The van der Waals surface area contributed by atoms with E-state index in [4.69, 9.17) is 4.74 Å². The van der Waals surface area contributed by atoms with E-state index in [-0.39, 0.29) is 18.4 Å². The van der Waals surface area contributed by atoms with E-state index in [2.05, 4.69) is 5.32 Å². The maximum Gasteiger partial charge on any atom is 0.328 e. The van der Waals surface area contributed by atoms with E-state index in [0.717, 1.165) is 32.0 Å². The molecule has 0 amide bonds. The van der Waals surface area contributed by atoms with Crippen molar-refractivity contribution in [2.75, 3.05) is 13.2 Å². The van der Waals surface area contributed by atoms with Crippen molar-refractivity contribution >= 4 is 12.3 Å². The highest BCUT2D eigenvalue weighted by Crippen LogP contribution is 2.40. The highest BCUT2D eigenvalue weighted by molar-refractivity contribution is 5.77. The van der Waals surface area contributed by atoms with Crippen LogP contribution in [0.15, 0.2) is 0 Å². The van der Waals surface area contributed by atoms with Gasteiger partial charge in [0.25, 0.3) is 0 Å². The van der Waals surface area contributed by atoms with Gasteiger partial charge in [-0.2, -0.15) is 0 Å². The first-order valence-electron chi connectivity index (χ1n) is 7.35. The second kappa shape index (κ2) is 6.65. The number of aliphatic hydroxyl groups is 2. The Balaban J connectivity index is 1.93. The molecule has 3 N–H and O–H groups in total. The Hall–Kier alpha value is -0.980. The summed E-state index contributed by atoms with van der Waals surface area (Å²) in [5, 5.41) is 23.6. The summed E-state index contributed by atoms with van der Waals surface area (Å²) in [5.41, 5.74) is 0. The zero-order chi connectivity index (χ0) is 14.6. The van der Waals surface area contributed by atoms with Crippen LogP contribution in [0.25, 0.3) is 0 Å². The van der Waals surface area contributed by atoms with Crippen molar-refractivity contribution in [1.29, 1.82) is 0 Å². The van der Waals surface area contributed by atoms with Gasteiger partial charge in [0.1, 0.15) is 6.29 Å². The van der Waals surface area contributed by atoms with Crippen molar-refractivity contribution in [3.63, 3.8) is 0 Å². The highest BCUT2D eigenvalue weighted by atomic mass is 16.5. The summed E-state index contributed by atoms with van der Waals surface area (Å²) in [7, 11) is 0. The van der Waals surface area contributed by atoms with Crippen LogP contribution in [0.5, 0.6) is 0 Å². The lowest BCUT2D eigenvalue weighted by Crippen LogP contribution is -2.67. The first-order valence-corrected chi connectivity index (χ1v) is 7.35. The average molecular weight is 285 g/mol. The van der Waals surface area contributed by atoms with Gasteiger partial charge in [-0.25, -0.2) is 0 Å². The Kier molecular flexibility index (Phi) is 5.12. The summed E-state index contributed by atoms with van der Waals surface area (Å²) in [6, 6.07) is -1.10. The van der Waals surface area contributed by atoms with Gasteiger partial charge in [0, 0.05) is 12.3 Å². The van der Waals surface area contributed by atoms with Gasteiger partial charge in [-0.15, -0.1) is 0 Å². The van der Waals surface area contributed by atoms with E-state index in [1.807, 2.05) is 0 Å². The van der Waals surface area contributed by atoms with Gasteiger partial charge in [-0.1, -0.05) is 12.8 Å². The molecule has 0 spiro atoms. The van der Waals surface area contributed by atoms with Crippen molar-refractivity contribution < 1.29 is 24.5 Å². The van der Waals surface area contributed by atoms with E-state index in [0.29, 0.717) is 19.4 Å². The lowest BCUT2D eigenvalue weighted by Gasteiger charge is -2.47. The van der Waals surface area contributed by atoms with Gasteiger partial charge in [0.15, 0.2) is 11.8 Å². The molecule has 3 unspecified atom stereocenters. The normalized spacial score (nSPS) is 32.2. The van der Waals surface area contributed by atoms with E-state index < -0.39 is 17.8 Å². The van der Waals surface area contributed by atoms with Crippen LogP contribution in [0.3, 0.4) is 0 Å². The van der Waals surface area contributed by atoms with Crippen LogP contribution in [-0.2, 0) is 14.3 Å². The number of aldehydes is 1. The van der Waals surface area contributed by atoms with E-state index in [1.165, 1.54) is 0 Å².